The van der Waals surface area contributed by atoms with Crippen LogP contribution in [0.25, 0.3) is 17.1 Å². The van der Waals surface area contributed by atoms with Crippen LogP contribution < -0.4 is 0 Å². The van der Waals surface area contributed by atoms with Gasteiger partial charge >= 0.3 is 0 Å². The fourth-order valence-electron chi connectivity index (χ4n) is 2.80. The van der Waals surface area contributed by atoms with Crippen molar-refractivity contribution >= 4 is 29.3 Å². The molecular formula is C21H23ClN4OS. The van der Waals surface area contributed by atoms with Gasteiger partial charge in [0.05, 0.1) is 11.4 Å². The quantitative estimate of drug-likeness (QED) is 0.539. The summed E-state index contributed by atoms with van der Waals surface area (Å²) in [6.07, 6.45) is 0. The highest BCUT2D eigenvalue weighted by Crippen LogP contribution is 2.32. The number of carbonyl (C=O) groups excluding carboxylic acids is 1. The fraction of sp³-hybridized carbons (Fsp3) is 0.286. The third-order valence-electron chi connectivity index (χ3n) is 4.36. The molecule has 0 aliphatic carbocycles. The molecule has 0 saturated carbocycles. The van der Waals surface area contributed by atoms with Crippen molar-refractivity contribution in [2.75, 3.05) is 19.8 Å². The number of nitrogens with zero attached hydrogens (tertiary/aromatic N) is 4. The Labute approximate surface area is 174 Å². The van der Waals surface area contributed by atoms with Crippen molar-refractivity contribution in [2.24, 2.45) is 0 Å². The van der Waals surface area contributed by atoms with Gasteiger partial charge in [-0.15, -0.1) is 10.2 Å². The van der Waals surface area contributed by atoms with E-state index in [4.69, 9.17) is 11.6 Å². The second-order valence-electron chi connectivity index (χ2n) is 6.94. The molecule has 3 rings (SSSR count). The molecule has 3 aromatic rings. The molecule has 0 aliphatic rings. The molecule has 1 amide bonds. The minimum absolute atomic E-state index is 0.0322. The van der Waals surface area contributed by atoms with Crippen LogP contribution in [0, 0.1) is 0 Å². The van der Waals surface area contributed by atoms with E-state index in [0.29, 0.717) is 21.8 Å². The number of carbonyl (C=O) groups is 1. The maximum absolute atomic E-state index is 12.1. The molecule has 0 unspecified atom stereocenters. The van der Waals surface area contributed by atoms with E-state index in [-0.39, 0.29) is 5.91 Å². The lowest BCUT2D eigenvalue weighted by Crippen LogP contribution is -2.23. The smallest absolute Gasteiger partial charge is 0.232 e. The lowest BCUT2D eigenvalue weighted by atomic mass is 10.0. The Morgan fingerprint density at radius 2 is 1.79 bits per heavy atom. The predicted molar refractivity (Wildman–Crippen MR) is 115 cm³/mol. The van der Waals surface area contributed by atoms with Crippen LogP contribution in [0.2, 0.25) is 5.02 Å². The molecular weight excluding hydrogens is 392 g/mol. The van der Waals surface area contributed by atoms with Gasteiger partial charge in [-0.1, -0.05) is 55.4 Å². The molecule has 0 fully saturated rings. The van der Waals surface area contributed by atoms with Gasteiger partial charge in [-0.25, -0.2) is 0 Å². The van der Waals surface area contributed by atoms with Crippen molar-refractivity contribution in [3.8, 4) is 17.1 Å². The minimum Gasteiger partial charge on any atom is -0.348 e. The van der Waals surface area contributed by atoms with Gasteiger partial charge in [-0.3, -0.25) is 9.36 Å². The standard InChI is InChI=1S/C21H23ClN4OS/c1-14(2)17-7-5-6-8-18(17)26-20(15-9-11-16(22)12-10-15)23-24-21(26)28-13-19(27)25(3)4/h5-12,14H,13H2,1-4H3. The fourth-order valence-corrected chi connectivity index (χ4v) is 3.85. The van der Waals surface area contributed by atoms with Crippen molar-refractivity contribution in [2.45, 2.75) is 24.9 Å². The Kier molecular flexibility index (Phi) is 6.42. The summed E-state index contributed by atoms with van der Waals surface area (Å²) in [4.78, 5) is 13.7. The zero-order valence-corrected chi connectivity index (χ0v) is 18.0. The summed E-state index contributed by atoms with van der Waals surface area (Å²) in [6, 6.07) is 15.8. The number of aromatic nitrogens is 3. The average Bonchev–Trinajstić information content (AvgIpc) is 3.10. The summed E-state index contributed by atoms with van der Waals surface area (Å²) in [5.41, 5.74) is 3.13. The van der Waals surface area contributed by atoms with E-state index in [1.54, 1.807) is 19.0 Å². The third kappa shape index (κ3) is 4.39. The van der Waals surface area contributed by atoms with Gasteiger partial charge in [0.25, 0.3) is 0 Å². The van der Waals surface area contributed by atoms with E-state index >= 15 is 0 Å². The summed E-state index contributed by atoms with van der Waals surface area (Å²) in [5, 5.41) is 10.2. The van der Waals surface area contributed by atoms with E-state index in [2.05, 4.69) is 36.2 Å². The van der Waals surface area contributed by atoms with Crippen molar-refractivity contribution in [1.29, 1.82) is 0 Å². The lowest BCUT2D eigenvalue weighted by molar-refractivity contribution is -0.125. The topological polar surface area (TPSA) is 51.0 Å². The highest BCUT2D eigenvalue weighted by atomic mass is 35.5. The van der Waals surface area contributed by atoms with Crippen molar-refractivity contribution in [3.63, 3.8) is 0 Å². The number of para-hydroxylation sites is 1. The molecule has 0 N–H and O–H groups in total. The van der Waals surface area contributed by atoms with E-state index < -0.39 is 0 Å². The number of amides is 1. The summed E-state index contributed by atoms with van der Waals surface area (Å²) in [6.45, 7) is 4.32. The Morgan fingerprint density at radius 3 is 2.43 bits per heavy atom. The average molecular weight is 415 g/mol. The first kappa shape index (κ1) is 20.4. The van der Waals surface area contributed by atoms with Crippen LogP contribution in [0.4, 0.5) is 0 Å². The van der Waals surface area contributed by atoms with Crippen molar-refractivity contribution < 1.29 is 4.79 Å². The molecule has 0 atom stereocenters. The first-order valence-electron chi connectivity index (χ1n) is 9.02. The first-order valence-corrected chi connectivity index (χ1v) is 10.4. The van der Waals surface area contributed by atoms with E-state index in [1.807, 2.05) is 41.0 Å². The van der Waals surface area contributed by atoms with Crippen LogP contribution in [0.3, 0.4) is 0 Å². The number of thioether (sulfide) groups is 1. The van der Waals surface area contributed by atoms with Crippen LogP contribution in [0.1, 0.15) is 25.3 Å². The Balaban J connectivity index is 2.12. The van der Waals surface area contributed by atoms with Gasteiger partial charge in [0.1, 0.15) is 0 Å². The number of hydrogen-bond acceptors (Lipinski definition) is 4. The summed E-state index contributed by atoms with van der Waals surface area (Å²) in [7, 11) is 3.50. The molecule has 28 heavy (non-hydrogen) atoms. The summed E-state index contributed by atoms with van der Waals surface area (Å²) >= 11 is 7.44. The van der Waals surface area contributed by atoms with Gasteiger partial charge in [0.2, 0.25) is 5.91 Å². The number of rotatable bonds is 6. The minimum atomic E-state index is 0.0322. The molecule has 0 radical (unpaired) electrons. The highest BCUT2D eigenvalue weighted by molar-refractivity contribution is 7.99. The van der Waals surface area contributed by atoms with Crippen LogP contribution >= 0.6 is 23.4 Å². The molecule has 0 bridgehead atoms. The lowest BCUT2D eigenvalue weighted by Gasteiger charge is -2.17. The molecule has 2 aromatic carbocycles. The zero-order valence-electron chi connectivity index (χ0n) is 16.4. The van der Waals surface area contributed by atoms with Crippen LogP contribution in [0.5, 0.6) is 0 Å². The normalized spacial score (nSPS) is 11.1. The largest absolute Gasteiger partial charge is 0.348 e. The van der Waals surface area contributed by atoms with Gasteiger partial charge < -0.3 is 4.90 Å². The molecule has 0 spiro atoms. The van der Waals surface area contributed by atoms with Crippen LogP contribution in [-0.4, -0.2) is 45.4 Å². The molecule has 146 valence electrons. The SMILES string of the molecule is CC(C)c1ccccc1-n1c(SCC(=O)N(C)C)nnc1-c1ccc(Cl)cc1. The molecule has 7 heteroatoms. The molecule has 0 saturated heterocycles. The molecule has 0 aliphatic heterocycles. The summed E-state index contributed by atoms with van der Waals surface area (Å²) in [5.74, 6) is 1.39. The van der Waals surface area contributed by atoms with E-state index in [1.165, 1.54) is 17.3 Å². The maximum atomic E-state index is 12.1. The summed E-state index contributed by atoms with van der Waals surface area (Å²) < 4.78 is 2.03. The number of halogens is 1. The number of hydrogen-bond donors (Lipinski definition) is 0. The van der Waals surface area contributed by atoms with Gasteiger partial charge in [-0.05, 0) is 41.8 Å². The monoisotopic (exact) mass is 414 g/mol. The van der Waals surface area contributed by atoms with Gasteiger partial charge in [0, 0.05) is 24.7 Å². The highest BCUT2D eigenvalue weighted by Gasteiger charge is 2.20. The van der Waals surface area contributed by atoms with Gasteiger partial charge in [-0.2, -0.15) is 0 Å². The molecule has 1 heterocycles. The second-order valence-corrected chi connectivity index (χ2v) is 8.32. The Bertz CT molecular complexity index is 967. The zero-order chi connectivity index (χ0) is 20.3. The first-order chi connectivity index (χ1) is 13.4. The molecule has 5 nitrogen and oxygen atoms in total. The van der Waals surface area contributed by atoms with Gasteiger partial charge in [0.15, 0.2) is 11.0 Å². The number of benzene rings is 2. The second kappa shape index (κ2) is 8.80. The van der Waals surface area contributed by atoms with Crippen molar-refractivity contribution in [1.82, 2.24) is 19.7 Å². The predicted octanol–water partition coefficient (Wildman–Crippen LogP) is 4.89. The third-order valence-corrected chi connectivity index (χ3v) is 5.52. The van der Waals surface area contributed by atoms with E-state index in [9.17, 15) is 4.79 Å². The van der Waals surface area contributed by atoms with Crippen LogP contribution in [-0.2, 0) is 4.79 Å². The Morgan fingerprint density at radius 1 is 1.11 bits per heavy atom. The maximum Gasteiger partial charge on any atom is 0.232 e. The van der Waals surface area contributed by atoms with Crippen molar-refractivity contribution in [3.05, 3.63) is 59.1 Å². The Hall–Kier alpha value is -2.31. The van der Waals surface area contributed by atoms with Crippen LogP contribution in [0.15, 0.2) is 53.7 Å². The molecule has 1 aromatic heterocycles. The van der Waals surface area contributed by atoms with E-state index in [0.717, 1.165) is 17.1 Å².